The molecule has 0 spiro atoms. The lowest BCUT2D eigenvalue weighted by Gasteiger charge is -2.03. The fourth-order valence-corrected chi connectivity index (χ4v) is 0.835. The molecular formula is C10H10O3. The SMILES string of the molecule is C#COc1ccc(OCCO)cc1. The molecule has 3 heteroatoms. The molecule has 1 aromatic carbocycles. The van der Waals surface area contributed by atoms with Gasteiger partial charge in [-0.1, -0.05) is 6.42 Å². The van der Waals surface area contributed by atoms with Gasteiger partial charge >= 0.3 is 0 Å². The van der Waals surface area contributed by atoms with Gasteiger partial charge in [0.2, 0.25) is 0 Å². The maximum atomic E-state index is 8.49. The first-order valence-electron chi connectivity index (χ1n) is 3.83. The Balaban J connectivity index is 2.55. The van der Waals surface area contributed by atoms with Crippen LogP contribution in [0.1, 0.15) is 0 Å². The van der Waals surface area contributed by atoms with Crippen molar-refractivity contribution in [3.8, 4) is 24.0 Å². The lowest BCUT2D eigenvalue weighted by atomic mass is 10.3. The number of hydrogen-bond donors (Lipinski definition) is 1. The van der Waals surface area contributed by atoms with Crippen LogP contribution in [0.15, 0.2) is 24.3 Å². The Morgan fingerprint density at radius 3 is 2.38 bits per heavy atom. The number of terminal acetylenes is 1. The van der Waals surface area contributed by atoms with Crippen LogP contribution in [-0.4, -0.2) is 18.3 Å². The van der Waals surface area contributed by atoms with Gasteiger partial charge in [-0.15, -0.1) is 0 Å². The highest BCUT2D eigenvalue weighted by molar-refractivity contribution is 5.31. The van der Waals surface area contributed by atoms with Crippen LogP contribution in [0.3, 0.4) is 0 Å². The average Bonchev–Trinajstić information content (AvgIpc) is 2.17. The normalized spacial score (nSPS) is 8.92. The molecule has 0 fully saturated rings. The molecule has 13 heavy (non-hydrogen) atoms. The number of aliphatic hydroxyl groups excluding tert-OH is 1. The molecule has 0 bridgehead atoms. The quantitative estimate of drug-likeness (QED) is 0.700. The van der Waals surface area contributed by atoms with Crippen LogP contribution in [0.2, 0.25) is 0 Å². The Hall–Kier alpha value is -1.66. The van der Waals surface area contributed by atoms with Crippen molar-refractivity contribution in [3.05, 3.63) is 24.3 Å². The molecule has 0 saturated heterocycles. The van der Waals surface area contributed by atoms with Crippen molar-refractivity contribution in [1.82, 2.24) is 0 Å². The van der Waals surface area contributed by atoms with E-state index in [1.54, 1.807) is 24.3 Å². The molecule has 0 aliphatic heterocycles. The third-order valence-corrected chi connectivity index (χ3v) is 1.36. The Morgan fingerprint density at radius 1 is 1.23 bits per heavy atom. The van der Waals surface area contributed by atoms with Crippen molar-refractivity contribution in [2.75, 3.05) is 13.2 Å². The van der Waals surface area contributed by atoms with Gasteiger partial charge in [-0.25, -0.2) is 0 Å². The molecule has 0 amide bonds. The summed E-state index contributed by atoms with van der Waals surface area (Å²) in [5, 5.41) is 8.49. The topological polar surface area (TPSA) is 38.7 Å². The van der Waals surface area contributed by atoms with Crippen LogP contribution in [0.25, 0.3) is 0 Å². The number of ether oxygens (including phenoxy) is 2. The molecule has 1 aromatic rings. The van der Waals surface area contributed by atoms with E-state index in [0.29, 0.717) is 11.5 Å². The van der Waals surface area contributed by atoms with Crippen LogP contribution in [-0.2, 0) is 0 Å². The summed E-state index contributed by atoms with van der Waals surface area (Å²) >= 11 is 0. The van der Waals surface area contributed by atoms with E-state index < -0.39 is 0 Å². The molecule has 0 saturated carbocycles. The standard InChI is InChI=1S/C10H10O3/c1-2-12-9-3-5-10(6-4-9)13-8-7-11/h1,3-6,11H,7-8H2. The number of rotatable bonds is 4. The van der Waals surface area contributed by atoms with Crippen LogP contribution < -0.4 is 9.47 Å². The van der Waals surface area contributed by atoms with Crippen molar-refractivity contribution in [1.29, 1.82) is 0 Å². The van der Waals surface area contributed by atoms with Gasteiger partial charge in [-0.05, 0) is 24.3 Å². The third-order valence-electron chi connectivity index (χ3n) is 1.36. The number of benzene rings is 1. The van der Waals surface area contributed by atoms with Gasteiger partial charge in [-0.2, -0.15) is 0 Å². The second-order valence-electron chi connectivity index (χ2n) is 2.26. The van der Waals surface area contributed by atoms with Gasteiger partial charge < -0.3 is 14.6 Å². The zero-order valence-corrected chi connectivity index (χ0v) is 7.06. The summed E-state index contributed by atoms with van der Waals surface area (Å²) in [6.45, 7) is 0.290. The van der Waals surface area contributed by atoms with Gasteiger partial charge in [0, 0.05) is 0 Å². The highest BCUT2D eigenvalue weighted by atomic mass is 16.5. The molecule has 0 aromatic heterocycles. The molecule has 3 nitrogen and oxygen atoms in total. The molecule has 0 aliphatic carbocycles. The first kappa shape index (κ1) is 9.43. The molecule has 0 atom stereocenters. The van der Waals surface area contributed by atoms with E-state index >= 15 is 0 Å². The van der Waals surface area contributed by atoms with Gasteiger partial charge in [0.1, 0.15) is 24.2 Å². The van der Waals surface area contributed by atoms with Crippen LogP contribution in [0, 0.1) is 12.5 Å². The first-order chi connectivity index (χ1) is 6.36. The van der Waals surface area contributed by atoms with Crippen LogP contribution in [0.4, 0.5) is 0 Å². The lowest BCUT2D eigenvalue weighted by molar-refractivity contribution is 0.201. The van der Waals surface area contributed by atoms with Crippen LogP contribution >= 0.6 is 0 Å². The zero-order chi connectivity index (χ0) is 9.52. The minimum Gasteiger partial charge on any atom is -0.491 e. The lowest BCUT2D eigenvalue weighted by Crippen LogP contribution is -2.01. The summed E-state index contributed by atoms with van der Waals surface area (Å²) in [5.41, 5.74) is 0. The fraction of sp³-hybridized carbons (Fsp3) is 0.200. The molecule has 1 N–H and O–H groups in total. The number of hydrogen-bond acceptors (Lipinski definition) is 3. The van der Waals surface area contributed by atoms with Gasteiger partial charge in [0.25, 0.3) is 0 Å². The molecule has 68 valence electrons. The van der Waals surface area contributed by atoms with E-state index in [1.165, 1.54) is 0 Å². The molecule has 0 aliphatic rings. The molecular weight excluding hydrogens is 168 g/mol. The van der Waals surface area contributed by atoms with E-state index in [-0.39, 0.29) is 13.2 Å². The molecule has 0 heterocycles. The summed E-state index contributed by atoms with van der Waals surface area (Å²) in [4.78, 5) is 0. The van der Waals surface area contributed by atoms with Gasteiger partial charge in [0.05, 0.1) is 6.61 Å². The number of aliphatic hydroxyl groups is 1. The molecule has 1 rings (SSSR count). The maximum Gasteiger partial charge on any atom is 0.140 e. The summed E-state index contributed by atoms with van der Waals surface area (Å²) < 4.78 is 9.92. The Kier molecular flexibility index (Phi) is 3.68. The van der Waals surface area contributed by atoms with E-state index in [2.05, 4.69) is 6.11 Å². The maximum absolute atomic E-state index is 8.49. The summed E-state index contributed by atoms with van der Waals surface area (Å²) in [6.07, 6.45) is 7.01. The summed E-state index contributed by atoms with van der Waals surface area (Å²) in [5.74, 6) is 1.28. The van der Waals surface area contributed by atoms with Crippen LogP contribution in [0.5, 0.6) is 11.5 Å². The largest absolute Gasteiger partial charge is 0.491 e. The summed E-state index contributed by atoms with van der Waals surface area (Å²) in [7, 11) is 0. The smallest absolute Gasteiger partial charge is 0.140 e. The van der Waals surface area contributed by atoms with E-state index in [0.717, 1.165) is 0 Å². The minimum absolute atomic E-state index is 0.00259. The molecule has 0 unspecified atom stereocenters. The first-order valence-corrected chi connectivity index (χ1v) is 3.83. The average molecular weight is 178 g/mol. The van der Waals surface area contributed by atoms with Crippen molar-refractivity contribution in [3.63, 3.8) is 0 Å². The Bertz CT molecular complexity index is 284. The monoisotopic (exact) mass is 178 g/mol. The third kappa shape index (κ3) is 3.06. The highest BCUT2D eigenvalue weighted by Crippen LogP contribution is 2.16. The predicted octanol–water partition coefficient (Wildman–Crippen LogP) is 1.03. The summed E-state index contributed by atoms with van der Waals surface area (Å²) in [6, 6.07) is 6.85. The fourth-order valence-electron chi connectivity index (χ4n) is 0.835. The second-order valence-corrected chi connectivity index (χ2v) is 2.26. The molecule has 0 radical (unpaired) electrons. The van der Waals surface area contributed by atoms with E-state index in [4.69, 9.17) is 21.0 Å². The zero-order valence-electron chi connectivity index (χ0n) is 7.06. The van der Waals surface area contributed by atoms with Crippen molar-refractivity contribution in [2.45, 2.75) is 0 Å². The van der Waals surface area contributed by atoms with Gasteiger partial charge in [0.15, 0.2) is 0 Å². The minimum atomic E-state index is 0.00259. The van der Waals surface area contributed by atoms with Crippen molar-refractivity contribution < 1.29 is 14.6 Å². The van der Waals surface area contributed by atoms with Crippen molar-refractivity contribution >= 4 is 0 Å². The Morgan fingerprint density at radius 2 is 1.85 bits per heavy atom. The highest BCUT2D eigenvalue weighted by Gasteiger charge is 1.94. The van der Waals surface area contributed by atoms with E-state index in [9.17, 15) is 0 Å². The van der Waals surface area contributed by atoms with Gasteiger partial charge in [-0.3, -0.25) is 0 Å². The predicted molar refractivity (Wildman–Crippen MR) is 48.5 cm³/mol. The second kappa shape index (κ2) is 5.07. The van der Waals surface area contributed by atoms with Crippen molar-refractivity contribution in [2.24, 2.45) is 0 Å². The van der Waals surface area contributed by atoms with E-state index in [1.807, 2.05) is 0 Å². The Labute approximate surface area is 76.9 Å².